The van der Waals surface area contributed by atoms with Crippen LogP contribution in [0.15, 0.2) is 69.3 Å². The molecular weight excluding hydrogens is 330 g/mol. The second-order valence-corrected chi connectivity index (χ2v) is 5.29. The fourth-order valence-electron chi connectivity index (χ4n) is 1.90. The predicted molar refractivity (Wildman–Crippen MR) is 86.8 cm³/mol. The number of aromatic amines is 1. The van der Waals surface area contributed by atoms with Gasteiger partial charge in [0.05, 0.1) is 11.4 Å². The molecular formula is C15H12BrN5. The van der Waals surface area contributed by atoms with E-state index < -0.39 is 0 Å². The summed E-state index contributed by atoms with van der Waals surface area (Å²) in [5.74, 6) is 0.324. The molecule has 0 atom stereocenters. The van der Waals surface area contributed by atoms with Crippen LogP contribution in [0.3, 0.4) is 0 Å². The maximum Gasteiger partial charge on any atom is 0.173 e. The molecule has 0 spiro atoms. The molecule has 1 aromatic heterocycles. The summed E-state index contributed by atoms with van der Waals surface area (Å²) in [6, 6.07) is 17.3. The number of nitrogens with zero attached hydrogens (tertiary/aromatic N) is 3. The number of hydrogen-bond acceptors (Lipinski definition) is 4. The quantitative estimate of drug-likeness (QED) is 0.668. The Morgan fingerprint density at radius 1 is 1.00 bits per heavy atom. The van der Waals surface area contributed by atoms with Crippen molar-refractivity contribution < 1.29 is 0 Å². The van der Waals surface area contributed by atoms with Gasteiger partial charge in [0.25, 0.3) is 0 Å². The number of nitrogen functional groups attached to an aromatic ring is 1. The molecule has 0 aliphatic carbocycles. The Hall–Kier alpha value is -2.47. The monoisotopic (exact) mass is 341 g/mol. The fourth-order valence-corrected chi connectivity index (χ4v) is 2.30. The number of H-pyrrole nitrogens is 1. The predicted octanol–water partition coefficient (Wildman–Crippen LogP) is 4.84. The number of rotatable bonds is 3. The van der Waals surface area contributed by atoms with Crippen molar-refractivity contribution in [3.05, 3.63) is 59.1 Å². The molecule has 5 nitrogen and oxygen atoms in total. The van der Waals surface area contributed by atoms with Gasteiger partial charge in [-0.25, -0.2) is 0 Å². The van der Waals surface area contributed by atoms with Gasteiger partial charge in [0.1, 0.15) is 0 Å². The maximum atomic E-state index is 5.87. The molecule has 3 rings (SSSR count). The van der Waals surface area contributed by atoms with Crippen molar-refractivity contribution >= 4 is 33.1 Å². The molecule has 3 N–H and O–H groups in total. The third kappa shape index (κ3) is 3.00. The zero-order chi connectivity index (χ0) is 14.7. The van der Waals surface area contributed by atoms with Gasteiger partial charge in [-0.05, 0) is 24.3 Å². The van der Waals surface area contributed by atoms with E-state index in [-0.39, 0.29) is 0 Å². The van der Waals surface area contributed by atoms with Gasteiger partial charge in [-0.2, -0.15) is 10.2 Å². The average molecular weight is 342 g/mol. The highest BCUT2D eigenvalue weighted by molar-refractivity contribution is 9.10. The highest BCUT2D eigenvalue weighted by atomic mass is 79.9. The van der Waals surface area contributed by atoms with E-state index in [2.05, 4.69) is 36.4 Å². The van der Waals surface area contributed by atoms with E-state index in [0.717, 1.165) is 21.4 Å². The summed E-state index contributed by atoms with van der Waals surface area (Å²) >= 11 is 3.45. The fraction of sp³-hybridized carbons (Fsp3) is 0. The molecule has 0 fully saturated rings. The molecule has 2 aromatic carbocycles. The first-order valence-corrected chi connectivity index (χ1v) is 7.10. The Labute approximate surface area is 130 Å². The first kappa shape index (κ1) is 13.5. The zero-order valence-electron chi connectivity index (χ0n) is 11.0. The van der Waals surface area contributed by atoms with Crippen LogP contribution in [0.25, 0.3) is 11.3 Å². The summed E-state index contributed by atoms with van der Waals surface area (Å²) in [5, 5.41) is 15.3. The molecule has 6 heteroatoms. The third-order valence-electron chi connectivity index (χ3n) is 2.90. The van der Waals surface area contributed by atoms with Crippen molar-refractivity contribution in [2.24, 2.45) is 10.2 Å². The van der Waals surface area contributed by atoms with Gasteiger partial charge in [-0.15, -0.1) is 5.11 Å². The van der Waals surface area contributed by atoms with Crippen LogP contribution in [0, 0.1) is 0 Å². The van der Waals surface area contributed by atoms with E-state index in [1.165, 1.54) is 0 Å². The van der Waals surface area contributed by atoms with Gasteiger partial charge in [0.15, 0.2) is 11.5 Å². The van der Waals surface area contributed by atoms with Crippen molar-refractivity contribution in [1.82, 2.24) is 10.2 Å². The molecule has 0 aliphatic heterocycles. The van der Waals surface area contributed by atoms with Gasteiger partial charge < -0.3 is 5.73 Å². The zero-order valence-corrected chi connectivity index (χ0v) is 12.6. The molecule has 3 aromatic rings. The summed E-state index contributed by atoms with van der Waals surface area (Å²) in [5.41, 5.74) is 8.86. The number of hydrogen-bond donors (Lipinski definition) is 2. The van der Waals surface area contributed by atoms with Crippen LogP contribution in [-0.2, 0) is 0 Å². The number of benzene rings is 2. The summed E-state index contributed by atoms with van der Waals surface area (Å²) in [6.07, 6.45) is 0. The van der Waals surface area contributed by atoms with Gasteiger partial charge >= 0.3 is 0 Å². The van der Waals surface area contributed by atoms with E-state index in [0.29, 0.717) is 11.5 Å². The Bertz CT molecular complexity index is 780. The highest BCUT2D eigenvalue weighted by Crippen LogP contribution is 2.34. The Kier molecular flexibility index (Phi) is 3.79. The van der Waals surface area contributed by atoms with Crippen molar-refractivity contribution in [1.29, 1.82) is 0 Å². The number of aromatic nitrogens is 2. The number of nitrogens with two attached hydrogens (primary N) is 1. The van der Waals surface area contributed by atoms with Crippen LogP contribution in [0.5, 0.6) is 0 Å². The topological polar surface area (TPSA) is 79.4 Å². The van der Waals surface area contributed by atoms with Crippen LogP contribution in [-0.4, -0.2) is 10.2 Å². The third-order valence-corrected chi connectivity index (χ3v) is 3.40. The SMILES string of the molecule is Nc1n[nH]c(-c2cccc(Br)c2)c1N=Nc1ccccc1. The number of azo groups is 1. The van der Waals surface area contributed by atoms with Crippen molar-refractivity contribution in [3.8, 4) is 11.3 Å². The van der Waals surface area contributed by atoms with Gasteiger partial charge in [-0.3, -0.25) is 5.10 Å². The lowest BCUT2D eigenvalue weighted by Crippen LogP contribution is -1.83. The van der Waals surface area contributed by atoms with E-state index in [9.17, 15) is 0 Å². The summed E-state index contributed by atoms with van der Waals surface area (Å²) in [4.78, 5) is 0. The molecule has 0 amide bonds. The van der Waals surface area contributed by atoms with Crippen molar-refractivity contribution in [2.45, 2.75) is 0 Å². The van der Waals surface area contributed by atoms with Crippen LogP contribution >= 0.6 is 15.9 Å². The number of nitrogens with one attached hydrogen (secondary N) is 1. The standard InChI is InChI=1S/C15H12BrN5/c16-11-6-4-5-10(9-11)13-14(15(17)21-19-13)20-18-12-7-2-1-3-8-12/h1-9H,(H3,17,19,21). The van der Waals surface area contributed by atoms with Gasteiger partial charge in [0, 0.05) is 10.0 Å². The number of anilines is 1. The normalized spacial score (nSPS) is 11.1. The molecule has 104 valence electrons. The Morgan fingerprint density at radius 2 is 1.81 bits per heavy atom. The van der Waals surface area contributed by atoms with E-state index >= 15 is 0 Å². The minimum absolute atomic E-state index is 0.324. The van der Waals surface area contributed by atoms with E-state index in [4.69, 9.17) is 5.73 Å². The first-order chi connectivity index (χ1) is 10.2. The smallest absolute Gasteiger partial charge is 0.173 e. The summed E-state index contributed by atoms with van der Waals surface area (Å²) < 4.78 is 0.971. The summed E-state index contributed by atoms with van der Waals surface area (Å²) in [6.45, 7) is 0. The lowest BCUT2D eigenvalue weighted by atomic mass is 10.1. The second kappa shape index (κ2) is 5.88. The first-order valence-electron chi connectivity index (χ1n) is 6.30. The largest absolute Gasteiger partial charge is 0.380 e. The van der Waals surface area contributed by atoms with Crippen LogP contribution in [0.1, 0.15) is 0 Å². The lowest BCUT2D eigenvalue weighted by molar-refractivity contribution is 1.10. The second-order valence-electron chi connectivity index (χ2n) is 4.38. The Morgan fingerprint density at radius 3 is 2.57 bits per heavy atom. The number of halogens is 1. The summed E-state index contributed by atoms with van der Waals surface area (Å²) in [7, 11) is 0. The molecule has 0 aliphatic rings. The molecule has 1 heterocycles. The van der Waals surface area contributed by atoms with Crippen LogP contribution in [0.4, 0.5) is 17.2 Å². The van der Waals surface area contributed by atoms with Crippen molar-refractivity contribution in [2.75, 3.05) is 5.73 Å². The lowest BCUT2D eigenvalue weighted by Gasteiger charge is -2.00. The highest BCUT2D eigenvalue weighted by Gasteiger charge is 2.12. The maximum absolute atomic E-state index is 5.87. The van der Waals surface area contributed by atoms with Gasteiger partial charge in [0.2, 0.25) is 0 Å². The minimum Gasteiger partial charge on any atom is -0.380 e. The molecule has 0 unspecified atom stereocenters. The van der Waals surface area contributed by atoms with Crippen LogP contribution in [0.2, 0.25) is 0 Å². The molecule has 0 bridgehead atoms. The molecule has 21 heavy (non-hydrogen) atoms. The molecule has 0 radical (unpaired) electrons. The van der Waals surface area contributed by atoms with Crippen LogP contribution < -0.4 is 5.73 Å². The van der Waals surface area contributed by atoms with Gasteiger partial charge in [-0.1, -0.05) is 46.3 Å². The average Bonchev–Trinajstić information content (AvgIpc) is 2.87. The van der Waals surface area contributed by atoms with E-state index in [1.54, 1.807) is 0 Å². The minimum atomic E-state index is 0.324. The Balaban J connectivity index is 2.00. The molecule has 0 saturated heterocycles. The van der Waals surface area contributed by atoms with E-state index in [1.807, 2.05) is 54.6 Å². The van der Waals surface area contributed by atoms with Crippen molar-refractivity contribution in [3.63, 3.8) is 0 Å². The molecule has 0 saturated carbocycles.